The number of ketones is 1. The molecule has 2 aromatic heterocycles. The summed E-state index contributed by atoms with van der Waals surface area (Å²) in [6.45, 7) is 0.844. The number of carbonyl (C=O) groups excluding carboxylic acids is 2. The Morgan fingerprint density at radius 3 is 2.33 bits per heavy atom. The summed E-state index contributed by atoms with van der Waals surface area (Å²) in [6, 6.07) is 22.3. The van der Waals surface area contributed by atoms with Gasteiger partial charge in [-0.2, -0.15) is 0 Å². The molecule has 0 saturated carbocycles. The van der Waals surface area contributed by atoms with Crippen molar-refractivity contribution in [1.29, 1.82) is 0 Å². The molecular formula is C29H25N5O2. The molecule has 5 aromatic rings. The Balaban J connectivity index is 1.47. The normalized spacial score (nSPS) is 11.0. The SMILES string of the molecule is NC(=O)c1cccc(-c2nc3ccc(C(=O)CCCCn4ccnc4)cc3nc2-c2ccccc2)c1. The fourth-order valence-electron chi connectivity index (χ4n) is 4.19. The number of amides is 1. The van der Waals surface area contributed by atoms with E-state index in [0.29, 0.717) is 40.0 Å². The monoisotopic (exact) mass is 475 g/mol. The number of imidazole rings is 1. The predicted octanol–water partition coefficient (Wildman–Crippen LogP) is 5.31. The number of carbonyl (C=O) groups is 2. The van der Waals surface area contributed by atoms with Gasteiger partial charge in [0, 0.05) is 47.6 Å². The standard InChI is InChI=1S/C29H25N5O2/c30-29(36)23-10-6-9-22(17-23)28-27(20-7-2-1-3-8-20)33-25-18-21(12-13-24(25)32-28)26(35)11-4-5-15-34-16-14-31-19-34/h1-3,6-10,12-14,16-19H,4-5,11,15H2,(H2,30,36). The quantitative estimate of drug-likeness (QED) is 0.230. The Hall–Kier alpha value is -4.65. The van der Waals surface area contributed by atoms with Crippen LogP contribution in [0.5, 0.6) is 0 Å². The van der Waals surface area contributed by atoms with Gasteiger partial charge in [-0.25, -0.2) is 15.0 Å². The number of fused-ring (bicyclic) bond motifs is 1. The largest absolute Gasteiger partial charge is 0.366 e. The first-order chi connectivity index (χ1) is 17.6. The maximum absolute atomic E-state index is 12.9. The first-order valence-electron chi connectivity index (χ1n) is 11.8. The molecule has 3 aromatic carbocycles. The van der Waals surface area contributed by atoms with E-state index in [-0.39, 0.29) is 5.78 Å². The molecule has 1 amide bonds. The second-order valence-electron chi connectivity index (χ2n) is 8.62. The van der Waals surface area contributed by atoms with Gasteiger partial charge in [-0.05, 0) is 43.2 Å². The van der Waals surface area contributed by atoms with Crippen LogP contribution in [-0.4, -0.2) is 31.2 Å². The Morgan fingerprint density at radius 2 is 1.56 bits per heavy atom. The lowest BCUT2D eigenvalue weighted by Gasteiger charge is -2.12. The van der Waals surface area contributed by atoms with Crippen molar-refractivity contribution in [2.75, 3.05) is 0 Å². The van der Waals surface area contributed by atoms with Crippen molar-refractivity contribution in [1.82, 2.24) is 19.5 Å². The molecule has 0 bridgehead atoms. The van der Waals surface area contributed by atoms with Crippen molar-refractivity contribution in [3.8, 4) is 22.5 Å². The Kier molecular flexibility index (Phi) is 6.62. The van der Waals surface area contributed by atoms with Crippen molar-refractivity contribution in [3.05, 3.63) is 103 Å². The first-order valence-corrected chi connectivity index (χ1v) is 11.8. The van der Waals surface area contributed by atoms with Crippen molar-refractivity contribution < 1.29 is 9.59 Å². The lowest BCUT2D eigenvalue weighted by molar-refractivity contribution is 0.0976. The number of primary amides is 1. The number of rotatable bonds is 9. The lowest BCUT2D eigenvalue weighted by Crippen LogP contribution is -2.10. The highest BCUT2D eigenvalue weighted by atomic mass is 16.1. The number of aryl methyl sites for hydroxylation is 1. The third-order valence-corrected chi connectivity index (χ3v) is 6.08. The van der Waals surface area contributed by atoms with Gasteiger partial charge in [-0.1, -0.05) is 42.5 Å². The fourth-order valence-corrected chi connectivity index (χ4v) is 4.19. The minimum atomic E-state index is -0.500. The number of aromatic nitrogens is 4. The van der Waals surface area contributed by atoms with Gasteiger partial charge in [-0.3, -0.25) is 9.59 Å². The van der Waals surface area contributed by atoms with Gasteiger partial charge in [0.15, 0.2) is 5.78 Å². The molecule has 0 unspecified atom stereocenters. The van der Waals surface area contributed by atoms with Crippen LogP contribution in [0.2, 0.25) is 0 Å². The third kappa shape index (κ3) is 5.05. The van der Waals surface area contributed by atoms with E-state index in [1.165, 1.54) is 0 Å². The van der Waals surface area contributed by atoms with E-state index < -0.39 is 5.91 Å². The summed E-state index contributed by atoms with van der Waals surface area (Å²) >= 11 is 0. The van der Waals surface area contributed by atoms with Gasteiger partial charge < -0.3 is 10.3 Å². The summed E-state index contributed by atoms with van der Waals surface area (Å²) < 4.78 is 2.01. The van der Waals surface area contributed by atoms with Crippen LogP contribution in [-0.2, 0) is 6.54 Å². The van der Waals surface area contributed by atoms with Crippen LogP contribution in [0.25, 0.3) is 33.5 Å². The second kappa shape index (κ2) is 10.3. The third-order valence-electron chi connectivity index (χ3n) is 6.08. The van der Waals surface area contributed by atoms with Gasteiger partial charge >= 0.3 is 0 Å². The predicted molar refractivity (Wildman–Crippen MR) is 139 cm³/mol. The molecule has 178 valence electrons. The highest BCUT2D eigenvalue weighted by Crippen LogP contribution is 2.31. The second-order valence-corrected chi connectivity index (χ2v) is 8.62. The van der Waals surface area contributed by atoms with Gasteiger partial charge in [-0.15, -0.1) is 0 Å². The van der Waals surface area contributed by atoms with Crippen molar-refractivity contribution in [2.45, 2.75) is 25.8 Å². The molecular weight excluding hydrogens is 450 g/mol. The van der Waals surface area contributed by atoms with Crippen LogP contribution in [0, 0.1) is 0 Å². The number of hydrogen-bond donors (Lipinski definition) is 1. The van der Waals surface area contributed by atoms with Gasteiger partial charge in [0.2, 0.25) is 5.91 Å². The zero-order valence-electron chi connectivity index (χ0n) is 19.7. The zero-order valence-corrected chi connectivity index (χ0v) is 19.7. The molecule has 0 atom stereocenters. The molecule has 7 nitrogen and oxygen atoms in total. The van der Waals surface area contributed by atoms with Crippen molar-refractivity contribution in [2.24, 2.45) is 5.73 Å². The fraction of sp³-hybridized carbons (Fsp3) is 0.138. The summed E-state index contributed by atoms with van der Waals surface area (Å²) in [6.07, 6.45) is 7.63. The smallest absolute Gasteiger partial charge is 0.248 e. The topological polar surface area (TPSA) is 104 Å². The summed E-state index contributed by atoms with van der Waals surface area (Å²) in [5.41, 5.74) is 10.8. The Morgan fingerprint density at radius 1 is 0.778 bits per heavy atom. The van der Waals surface area contributed by atoms with E-state index in [1.807, 2.05) is 59.3 Å². The van der Waals surface area contributed by atoms with E-state index in [9.17, 15) is 9.59 Å². The van der Waals surface area contributed by atoms with Gasteiger partial charge in [0.1, 0.15) is 0 Å². The van der Waals surface area contributed by atoms with Gasteiger partial charge in [0.25, 0.3) is 0 Å². The van der Waals surface area contributed by atoms with Crippen LogP contribution < -0.4 is 5.73 Å². The molecule has 2 heterocycles. The number of nitrogens with two attached hydrogens (primary N) is 1. The van der Waals surface area contributed by atoms with Crippen LogP contribution in [0.1, 0.15) is 40.0 Å². The minimum Gasteiger partial charge on any atom is -0.366 e. The highest BCUT2D eigenvalue weighted by molar-refractivity contribution is 5.99. The molecule has 0 aliphatic heterocycles. The maximum Gasteiger partial charge on any atom is 0.248 e. The number of Topliss-reactive ketones (excluding diaryl/α,β-unsaturated/α-hetero) is 1. The summed E-state index contributed by atoms with van der Waals surface area (Å²) in [7, 11) is 0. The first kappa shape index (κ1) is 23.1. The molecule has 0 radical (unpaired) electrons. The highest BCUT2D eigenvalue weighted by Gasteiger charge is 2.16. The minimum absolute atomic E-state index is 0.0869. The van der Waals surface area contributed by atoms with Crippen LogP contribution in [0.15, 0.2) is 91.5 Å². The van der Waals surface area contributed by atoms with E-state index in [0.717, 1.165) is 30.5 Å². The molecule has 0 aliphatic carbocycles. The number of nitrogens with zero attached hydrogens (tertiary/aromatic N) is 4. The van der Waals surface area contributed by atoms with Crippen LogP contribution in [0.3, 0.4) is 0 Å². The van der Waals surface area contributed by atoms with Crippen molar-refractivity contribution in [3.63, 3.8) is 0 Å². The molecule has 7 heteroatoms. The van der Waals surface area contributed by atoms with E-state index in [2.05, 4.69) is 4.98 Å². The summed E-state index contributed by atoms with van der Waals surface area (Å²) in [5.74, 6) is -0.413. The molecule has 0 saturated heterocycles. The molecule has 5 rings (SSSR count). The Bertz CT molecular complexity index is 1530. The zero-order chi connectivity index (χ0) is 24.9. The Labute approximate surface area is 208 Å². The molecule has 0 aliphatic rings. The number of hydrogen-bond acceptors (Lipinski definition) is 5. The van der Waals surface area contributed by atoms with Gasteiger partial charge in [0.05, 0.1) is 28.7 Å². The summed E-state index contributed by atoms with van der Waals surface area (Å²) in [4.78, 5) is 38.5. The van der Waals surface area contributed by atoms with E-state index in [1.54, 1.807) is 36.8 Å². The maximum atomic E-state index is 12.9. The summed E-state index contributed by atoms with van der Waals surface area (Å²) in [5, 5.41) is 0. The average Bonchev–Trinajstić information content (AvgIpc) is 3.44. The molecule has 0 spiro atoms. The molecule has 36 heavy (non-hydrogen) atoms. The molecule has 2 N–H and O–H groups in total. The number of unbranched alkanes of at least 4 members (excludes halogenated alkanes) is 1. The van der Waals surface area contributed by atoms with Crippen molar-refractivity contribution >= 4 is 22.7 Å². The van der Waals surface area contributed by atoms with E-state index in [4.69, 9.17) is 15.7 Å². The van der Waals surface area contributed by atoms with Crippen LogP contribution >= 0.6 is 0 Å². The number of benzene rings is 3. The molecule has 0 fully saturated rings. The average molecular weight is 476 g/mol. The lowest BCUT2D eigenvalue weighted by atomic mass is 10.0. The van der Waals surface area contributed by atoms with E-state index >= 15 is 0 Å². The van der Waals surface area contributed by atoms with Crippen LogP contribution in [0.4, 0.5) is 0 Å².